The zero-order valence-electron chi connectivity index (χ0n) is 14.1. The maximum atomic E-state index is 12.8. The second-order valence-corrected chi connectivity index (χ2v) is 7.71. The van der Waals surface area contributed by atoms with Crippen LogP contribution in [-0.2, 0) is 4.79 Å². The maximum Gasteiger partial charge on any atom is 0.269 e. The van der Waals surface area contributed by atoms with Gasteiger partial charge in [0, 0.05) is 16.8 Å². The Morgan fingerprint density at radius 3 is 2.68 bits per heavy atom. The van der Waals surface area contributed by atoms with Gasteiger partial charge in [-0.15, -0.1) is 0 Å². The van der Waals surface area contributed by atoms with Crippen molar-refractivity contribution in [3.8, 4) is 5.75 Å². The Hall–Kier alpha value is -1.79. The number of amidine groups is 1. The molecule has 1 amide bonds. The molecule has 0 bridgehead atoms. The van der Waals surface area contributed by atoms with Crippen LogP contribution in [-0.4, -0.2) is 34.4 Å². The molecule has 3 rings (SSSR count). The third-order valence-electron chi connectivity index (χ3n) is 3.85. The van der Waals surface area contributed by atoms with E-state index in [1.54, 1.807) is 23.6 Å². The lowest BCUT2D eigenvalue weighted by atomic mass is 10.2. The molecule has 2 aromatic rings. The van der Waals surface area contributed by atoms with Crippen LogP contribution >= 0.6 is 27.7 Å². The number of hydrogen-bond donors (Lipinski definition) is 0. The number of amides is 1. The van der Waals surface area contributed by atoms with E-state index in [4.69, 9.17) is 4.74 Å². The van der Waals surface area contributed by atoms with Crippen molar-refractivity contribution < 1.29 is 9.53 Å². The summed E-state index contributed by atoms with van der Waals surface area (Å²) in [5.41, 5.74) is 1.99. The van der Waals surface area contributed by atoms with Crippen molar-refractivity contribution in [3.63, 3.8) is 0 Å². The number of benzene rings is 2. The molecule has 130 valence electrons. The van der Waals surface area contributed by atoms with Gasteiger partial charge in [-0.2, -0.15) is 0 Å². The van der Waals surface area contributed by atoms with Gasteiger partial charge in [-0.3, -0.25) is 9.69 Å². The molecule has 0 aliphatic carbocycles. The van der Waals surface area contributed by atoms with Gasteiger partial charge in [-0.1, -0.05) is 45.9 Å². The number of aryl methyl sites for hydroxylation is 1. The number of ether oxygens (including phenoxy) is 1. The van der Waals surface area contributed by atoms with Crippen molar-refractivity contribution in [3.05, 3.63) is 58.6 Å². The minimum Gasteiger partial charge on any atom is -0.481 e. The fraction of sp³-hybridized carbons (Fsp3) is 0.263. The van der Waals surface area contributed by atoms with Gasteiger partial charge in [0.2, 0.25) is 0 Å². The van der Waals surface area contributed by atoms with Crippen LogP contribution in [0.2, 0.25) is 0 Å². The molecule has 1 aliphatic heterocycles. The van der Waals surface area contributed by atoms with Crippen molar-refractivity contribution in [1.29, 1.82) is 0 Å². The van der Waals surface area contributed by atoms with Crippen LogP contribution in [0, 0.1) is 6.92 Å². The molecule has 0 aromatic heterocycles. The van der Waals surface area contributed by atoms with Crippen LogP contribution in [0.4, 0.5) is 5.69 Å². The smallest absolute Gasteiger partial charge is 0.269 e. The van der Waals surface area contributed by atoms with Gasteiger partial charge in [0.15, 0.2) is 11.3 Å². The molecular formula is C19H19BrN2O2S. The summed E-state index contributed by atoms with van der Waals surface area (Å²) in [7, 11) is 0. The molecule has 0 radical (unpaired) electrons. The number of carbonyl (C=O) groups is 1. The van der Waals surface area contributed by atoms with E-state index in [-0.39, 0.29) is 5.91 Å². The first kappa shape index (κ1) is 18.0. The number of halogens is 1. The zero-order chi connectivity index (χ0) is 17.8. The monoisotopic (exact) mass is 418 g/mol. The van der Waals surface area contributed by atoms with Gasteiger partial charge >= 0.3 is 0 Å². The molecule has 1 atom stereocenters. The third kappa shape index (κ3) is 4.44. The molecule has 6 heteroatoms. The van der Waals surface area contributed by atoms with Crippen molar-refractivity contribution >= 4 is 44.5 Å². The summed E-state index contributed by atoms with van der Waals surface area (Å²) in [5.74, 6) is 1.45. The van der Waals surface area contributed by atoms with E-state index in [0.29, 0.717) is 12.3 Å². The zero-order valence-corrected chi connectivity index (χ0v) is 16.5. The van der Waals surface area contributed by atoms with Crippen molar-refractivity contribution in [2.24, 2.45) is 4.99 Å². The van der Waals surface area contributed by atoms with Gasteiger partial charge in [0.05, 0.1) is 5.69 Å². The van der Waals surface area contributed by atoms with Gasteiger partial charge in [-0.25, -0.2) is 4.99 Å². The minimum absolute atomic E-state index is 0.0692. The second kappa shape index (κ2) is 8.06. The molecule has 4 nitrogen and oxygen atoms in total. The van der Waals surface area contributed by atoms with Gasteiger partial charge in [-0.05, 0) is 49.7 Å². The van der Waals surface area contributed by atoms with Crippen LogP contribution in [0.15, 0.2) is 58.0 Å². The summed E-state index contributed by atoms with van der Waals surface area (Å²) in [6, 6.07) is 15.4. The van der Waals surface area contributed by atoms with E-state index in [2.05, 4.69) is 20.9 Å². The van der Waals surface area contributed by atoms with Crippen LogP contribution in [0.5, 0.6) is 5.75 Å². The number of nitrogens with zero attached hydrogens (tertiary/aromatic N) is 2. The fourth-order valence-corrected chi connectivity index (χ4v) is 3.70. The number of hydrogen-bond acceptors (Lipinski definition) is 4. The molecule has 25 heavy (non-hydrogen) atoms. The van der Waals surface area contributed by atoms with Crippen molar-refractivity contribution in [2.45, 2.75) is 20.0 Å². The average Bonchev–Trinajstić information content (AvgIpc) is 3.06. The number of aliphatic imine (C=N–C) groups is 1. The highest BCUT2D eigenvalue weighted by Crippen LogP contribution is 2.26. The van der Waals surface area contributed by atoms with E-state index >= 15 is 0 Å². The van der Waals surface area contributed by atoms with Crippen LogP contribution in [0.25, 0.3) is 0 Å². The van der Waals surface area contributed by atoms with Gasteiger partial charge in [0.25, 0.3) is 5.91 Å². The quantitative estimate of drug-likeness (QED) is 0.716. The van der Waals surface area contributed by atoms with E-state index in [0.717, 1.165) is 26.6 Å². The van der Waals surface area contributed by atoms with Gasteiger partial charge < -0.3 is 4.74 Å². The predicted octanol–water partition coefficient (Wildman–Crippen LogP) is 4.79. The van der Waals surface area contributed by atoms with Crippen molar-refractivity contribution in [1.82, 2.24) is 4.90 Å². The molecule has 0 spiro atoms. The number of carbonyl (C=O) groups excluding carboxylic acids is 1. The summed E-state index contributed by atoms with van der Waals surface area (Å²) in [6.07, 6.45) is -0.568. The lowest BCUT2D eigenvalue weighted by Crippen LogP contribution is -2.41. The molecule has 0 unspecified atom stereocenters. The largest absolute Gasteiger partial charge is 0.481 e. The highest BCUT2D eigenvalue weighted by atomic mass is 79.9. The topological polar surface area (TPSA) is 41.9 Å². The van der Waals surface area contributed by atoms with E-state index in [1.807, 2.05) is 55.5 Å². The summed E-state index contributed by atoms with van der Waals surface area (Å²) in [4.78, 5) is 19.2. The minimum atomic E-state index is -0.568. The summed E-state index contributed by atoms with van der Waals surface area (Å²) < 4.78 is 6.76. The molecule has 1 saturated heterocycles. The van der Waals surface area contributed by atoms with E-state index < -0.39 is 6.10 Å². The molecule has 0 N–H and O–H groups in total. The van der Waals surface area contributed by atoms with Gasteiger partial charge in [0.1, 0.15) is 5.75 Å². The Bertz CT molecular complexity index is 792. The van der Waals surface area contributed by atoms with E-state index in [1.165, 1.54) is 0 Å². The second-order valence-electron chi connectivity index (χ2n) is 5.73. The molecule has 0 saturated carbocycles. The molecule has 2 aromatic carbocycles. The number of para-hydroxylation sites is 1. The summed E-state index contributed by atoms with van der Waals surface area (Å²) >= 11 is 4.99. The standard InChI is InChI=1S/C19H19BrN2O2S/c1-13-5-3-4-6-17(13)21-19-22(11-12-25-19)18(23)14(2)24-16-9-7-15(20)8-10-16/h3-10,14H,11-12H2,1-2H3/t14-/m1/s1. The Balaban J connectivity index is 1.74. The third-order valence-corrected chi connectivity index (χ3v) is 5.33. The van der Waals surface area contributed by atoms with Crippen LogP contribution in [0.3, 0.4) is 0 Å². The Morgan fingerprint density at radius 1 is 1.24 bits per heavy atom. The predicted molar refractivity (Wildman–Crippen MR) is 107 cm³/mol. The summed E-state index contributed by atoms with van der Waals surface area (Å²) in [5, 5.41) is 0.741. The molecule has 1 aliphatic rings. The number of rotatable bonds is 4. The molecular weight excluding hydrogens is 400 g/mol. The van der Waals surface area contributed by atoms with Crippen LogP contribution < -0.4 is 4.74 Å². The Kier molecular flexibility index (Phi) is 5.81. The summed E-state index contributed by atoms with van der Waals surface area (Å²) in [6.45, 7) is 4.45. The normalized spacial score (nSPS) is 16.9. The Labute approximate surface area is 160 Å². The van der Waals surface area contributed by atoms with Crippen LogP contribution in [0.1, 0.15) is 12.5 Å². The molecule has 1 fully saturated rings. The molecule has 1 heterocycles. The average molecular weight is 419 g/mol. The first-order chi connectivity index (χ1) is 12.0. The first-order valence-corrected chi connectivity index (χ1v) is 9.83. The first-order valence-electron chi connectivity index (χ1n) is 8.05. The highest BCUT2D eigenvalue weighted by Gasteiger charge is 2.30. The van der Waals surface area contributed by atoms with Crippen molar-refractivity contribution in [2.75, 3.05) is 12.3 Å². The Morgan fingerprint density at radius 2 is 1.96 bits per heavy atom. The highest BCUT2D eigenvalue weighted by molar-refractivity contribution is 9.10. The fourth-order valence-electron chi connectivity index (χ4n) is 2.48. The number of thioether (sulfide) groups is 1. The lowest BCUT2D eigenvalue weighted by Gasteiger charge is -2.21. The van der Waals surface area contributed by atoms with E-state index in [9.17, 15) is 4.79 Å². The lowest BCUT2D eigenvalue weighted by molar-refractivity contribution is -0.133. The SMILES string of the molecule is Cc1ccccc1N=C1SCCN1C(=O)[C@@H](C)Oc1ccc(Br)cc1. The maximum absolute atomic E-state index is 12.8.